The van der Waals surface area contributed by atoms with Gasteiger partial charge < -0.3 is 19.0 Å². The second-order valence-corrected chi connectivity index (χ2v) is 17.2. The molecule has 0 aliphatic carbocycles. The molecule has 1 saturated heterocycles. The summed E-state index contributed by atoms with van der Waals surface area (Å²) in [4.78, 5) is 12.9. The maximum absolute atomic E-state index is 12.9. The van der Waals surface area contributed by atoms with E-state index in [1.54, 1.807) is 0 Å². The standard InChI is InChI=1S/C38H46O5Si/c1-38(2,3)44(30-19-6-4-7-20-30,31-21-8-5-9-22-31)42-28-15-12-24-34(37(39)40)36(43-35-26-13-14-27-41-35)33-25-16-18-29-17-10-11-23-32(29)33/h4-11,16-23,25,34-36H,12-15,24,26-28H2,1-3H3,(H,39,40)/t34-,35?,36+/m0/s1. The first-order chi connectivity index (χ1) is 21.3. The van der Waals surface area contributed by atoms with Crippen molar-refractivity contribution in [2.24, 2.45) is 5.92 Å². The summed E-state index contributed by atoms with van der Waals surface area (Å²) in [6, 6.07) is 35.5. The molecule has 232 valence electrons. The highest BCUT2D eigenvalue weighted by Crippen LogP contribution is 2.39. The van der Waals surface area contributed by atoms with Crippen LogP contribution in [0.3, 0.4) is 0 Å². The number of carboxylic acid groups (broad SMARTS) is 1. The van der Waals surface area contributed by atoms with Crippen molar-refractivity contribution in [3.63, 3.8) is 0 Å². The highest BCUT2D eigenvalue weighted by Gasteiger charge is 2.50. The maximum atomic E-state index is 12.9. The molecule has 0 spiro atoms. The van der Waals surface area contributed by atoms with Crippen LogP contribution in [-0.2, 0) is 18.7 Å². The van der Waals surface area contributed by atoms with Crippen LogP contribution in [0.4, 0.5) is 0 Å². The minimum Gasteiger partial charge on any atom is -0.481 e. The van der Waals surface area contributed by atoms with Gasteiger partial charge in [0.1, 0.15) is 0 Å². The molecule has 4 aromatic carbocycles. The van der Waals surface area contributed by atoms with E-state index in [4.69, 9.17) is 13.9 Å². The van der Waals surface area contributed by atoms with Gasteiger partial charge in [-0.3, -0.25) is 4.79 Å². The molecular weight excluding hydrogens is 564 g/mol. The number of hydrogen-bond donors (Lipinski definition) is 1. The minimum atomic E-state index is -2.64. The van der Waals surface area contributed by atoms with Crippen LogP contribution in [0.15, 0.2) is 103 Å². The lowest BCUT2D eigenvalue weighted by Gasteiger charge is -2.43. The molecule has 0 saturated carbocycles. The highest BCUT2D eigenvalue weighted by atomic mass is 28.4. The van der Waals surface area contributed by atoms with Gasteiger partial charge in [0.25, 0.3) is 8.32 Å². The number of hydrogen-bond acceptors (Lipinski definition) is 4. The number of fused-ring (bicyclic) bond motifs is 1. The van der Waals surface area contributed by atoms with Crippen LogP contribution in [0.5, 0.6) is 0 Å². The van der Waals surface area contributed by atoms with Gasteiger partial charge in [0.15, 0.2) is 6.29 Å². The van der Waals surface area contributed by atoms with E-state index in [1.165, 1.54) is 10.4 Å². The fourth-order valence-corrected chi connectivity index (χ4v) is 11.3. The summed E-state index contributed by atoms with van der Waals surface area (Å²) in [5, 5.41) is 15.0. The van der Waals surface area contributed by atoms with Crippen molar-refractivity contribution in [3.05, 3.63) is 109 Å². The number of carbonyl (C=O) groups is 1. The zero-order valence-electron chi connectivity index (χ0n) is 26.3. The van der Waals surface area contributed by atoms with Gasteiger partial charge in [-0.15, -0.1) is 0 Å². The van der Waals surface area contributed by atoms with E-state index in [1.807, 2.05) is 24.3 Å². The third-order valence-corrected chi connectivity index (χ3v) is 13.9. The van der Waals surface area contributed by atoms with Crippen LogP contribution in [0.25, 0.3) is 10.8 Å². The average Bonchev–Trinajstić information content (AvgIpc) is 3.04. The van der Waals surface area contributed by atoms with Crippen molar-refractivity contribution in [2.45, 2.75) is 76.7 Å². The van der Waals surface area contributed by atoms with Crippen molar-refractivity contribution in [2.75, 3.05) is 13.2 Å². The monoisotopic (exact) mass is 610 g/mol. The molecule has 0 amide bonds. The zero-order chi connectivity index (χ0) is 31.0. The Morgan fingerprint density at radius 1 is 0.864 bits per heavy atom. The van der Waals surface area contributed by atoms with E-state index in [0.717, 1.165) is 42.0 Å². The quantitative estimate of drug-likeness (QED) is 0.123. The molecule has 0 radical (unpaired) electrons. The lowest BCUT2D eigenvalue weighted by atomic mass is 9.88. The Labute approximate surface area is 263 Å². The Bertz CT molecular complexity index is 1430. The predicted molar refractivity (Wildman–Crippen MR) is 180 cm³/mol. The van der Waals surface area contributed by atoms with Crippen LogP contribution >= 0.6 is 0 Å². The van der Waals surface area contributed by atoms with Gasteiger partial charge in [-0.05, 0) is 63.9 Å². The van der Waals surface area contributed by atoms with Crippen molar-refractivity contribution >= 4 is 35.4 Å². The Morgan fingerprint density at radius 2 is 1.50 bits per heavy atom. The molecule has 4 aromatic rings. The van der Waals surface area contributed by atoms with E-state index in [9.17, 15) is 9.90 Å². The summed E-state index contributed by atoms with van der Waals surface area (Å²) in [5.41, 5.74) is 0.910. The van der Waals surface area contributed by atoms with E-state index < -0.39 is 32.6 Å². The van der Waals surface area contributed by atoms with Crippen molar-refractivity contribution in [3.8, 4) is 0 Å². The lowest BCUT2D eigenvalue weighted by molar-refractivity contribution is -0.204. The normalized spacial score (nSPS) is 17.3. The number of rotatable bonds is 13. The van der Waals surface area contributed by atoms with Crippen LogP contribution in [0.2, 0.25) is 5.04 Å². The Kier molecular flexibility index (Phi) is 10.7. The first-order valence-electron chi connectivity index (χ1n) is 16.0. The minimum absolute atomic E-state index is 0.105. The van der Waals surface area contributed by atoms with Gasteiger partial charge in [-0.2, -0.15) is 0 Å². The average molecular weight is 611 g/mol. The molecule has 1 aliphatic heterocycles. The molecule has 6 heteroatoms. The fourth-order valence-electron chi connectivity index (χ4n) is 6.72. The van der Waals surface area contributed by atoms with E-state index in [-0.39, 0.29) is 5.04 Å². The van der Waals surface area contributed by atoms with Gasteiger partial charge in [0.2, 0.25) is 0 Å². The Hall–Kier alpha value is -3.29. The molecule has 44 heavy (non-hydrogen) atoms. The summed E-state index contributed by atoms with van der Waals surface area (Å²) < 4.78 is 19.6. The second kappa shape index (κ2) is 14.7. The van der Waals surface area contributed by atoms with E-state index in [2.05, 4.69) is 99.6 Å². The molecule has 1 heterocycles. The molecule has 1 N–H and O–H groups in total. The van der Waals surface area contributed by atoms with E-state index in [0.29, 0.717) is 26.1 Å². The third-order valence-electron chi connectivity index (χ3n) is 8.89. The highest BCUT2D eigenvalue weighted by molar-refractivity contribution is 6.99. The summed E-state index contributed by atoms with van der Waals surface area (Å²) in [6.45, 7) is 8.03. The first kappa shape index (κ1) is 32.1. The van der Waals surface area contributed by atoms with E-state index >= 15 is 0 Å². The molecule has 5 rings (SSSR count). The van der Waals surface area contributed by atoms with Crippen LogP contribution < -0.4 is 10.4 Å². The fraction of sp³-hybridized carbons (Fsp3) is 0.395. The summed E-state index contributed by atoms with van der Waals surface area (Å²) in [5.74, 6) is -1.55. The van der Waals surface area contributed by atoms with Gasteiger partial charge >= 0.3 is 5.97 Å². The topological polar surface area (TPSA) is 65.0 Å². The first-order valence-corrected chi connectivity index (χ1v) is 17.9. The molecule has 1 unspecified atom stereocenters. The SMILES string of the molecule is CC(C)(C)[Si](OCCCC[C@H](C(=O)O)[C@H](OC1CCCCO1)c1cccc2ccccc12)(c1ccccc1)c1ccccc1. The van der Waals surface area contributed by atoms with Crippen molar-refractivity contribution < 1.29 is 23.8 Å². The molecule has 1 aliphatic rings. The number of ether oxygens (including phenoxy) is 2. The number of benzene rings is 4. The van der Waals surface area contributed by atoms with Crippen LogP contribution in [0, 0.1) is 5.92 Å². The molecule has 0 aromatic heterocycles. The zero-order valence-corrected chi connectivity index (χ0v) is 27.3. The predicted octanol–water partition coefficient (Wildman–Crippen LogP) is 7.87. The number of aliphatic carboxylic acids is 1. The molecule has 1 fully saturated rings. The van der Waals surface area contributed by atoms with Crippen LogP contribution in [-0.4, -0.2) is 38.9 Å². The summed E-state index contributed by atoms with van der Waals surface area (Å²) in [7, 11) is -2.64. The molecule has 3 atom stereocenters. The summed E-state index contributed by atoms with van der Waals surface area (Å²) in [6.07, 6.45) is 3.76. The van der Waals surface area contributed by atoms with Gasteiger partial charge in [-0.25, -0.2) is 0 Å². The summed E-state index contributed by atoms with van der Waals surface area (Å²) >= 11 is 0. The maximum Gasteiger partial charge on any atom is 0.309 e. The number of unbranched alkanes of at least 4 members (excludes halogenated alkanes) is 1. The van der Waals surface area contributed by atoms with Crippen molar-refractivity contribution in [1.82, 2.24) is 0 Å². The number of carboxylic acids is 1. The molecular formula is C38H46O5Si. The molecule has 0 bridgehead atoms. The van der Waals surface area contributed by atoms with Gasteiger partial charge in [0, 0.05) is 13.2 Å². The third kappa shape index (κ3) is 7.15. The van der Waals surface area contributed by atoms with Gasteiger partial charge in [0.05, 0.1) is 12.0 Å². The van der Waals surface area contributed by atoms with Crippen LogP contribution in [0.1, 0.15) is 71.0 Å². The van der Waals surface area contributed by atoms with Crippen molar-refractivity contribution in [1.29, 1.82) is 0 Å². The Balaban J connectivity index is 1.36. The largest absolute Gasteiger partial charge is 0.481 e. The smallest absolute Gasteiger partial charge is 0.309 e. The van der Waals surface area contributed by atoms with Gasteiger partial charge in [-0.1, -0.05) is 130 Å². The lowest BCUT2D eigenvalue weighted by Crippen LogP contribution is -2.66. The Morgan fingerprint density at radius 3 is 2.11 bits per heavy atom. The molecule has 5 nitrogen and oxygen atoms in total. The second-order valence-electron chi connectivity index (χ2n) is 12.9.